The number of morpholine rings is 1. The van der Waals surface area contributed by atoms with Crippen LogP contribution < -0.4 is 11.1 Å². The molecule has 5 nitrogen and oxygen atoms in total. The third-order valence-corrected chi connectivity index (χ3v) is 3.29. The van der Waals surface area contributed by atoms with Crippen molar-refractivity contribution in [2.24, 2.45) is 0 Å². The molecular formula is C14H20N4O. The number of nitrogen functional groups attached to an aromatic ring is 1. The molecule has 1 heterocycles. The molecule has 1 aliphatic rings. The van der Waals surface area contributed by atoms with Gasteiger partial charge in [0.05, 0.1) is 25.2 Å². The van der Waals surface area contributed by atoms with E-state index in [1.54, 1.807) is 0 Å². The summed E-state index contributed by atoms with van der Waals surface area (Å²) in [7, 11) is 2.10. The SMILES string of the molecule is CN1CCOC(CNc2ccc(N)c(CC#N)c2)C1. The Kier molecular flexibility index (Phi) is 4.61. The molecule has 0 bridgehead atoms. The molecule has 0 aromatic heterocycles. The van der Waals surface area contributed by atoms with Crippen LogP contribution in [0.3, 0.4) is 0 Å². The van der Waals surface area contributed by atoms with Gasteiger partial charge in [-0.15, -0.1) is 0 Å². The number of hydrogen-bond acceptors (Lipinski definition) is 5. The van der Waals surface area contributed by atoms with E-state index in [4.69, 9.17) is 15.7 Å². The Labute approximate surface area is 114 Å². The lowest BCUT2D eigenvalue weighted by molar-refractivity contribution is -0.0117. The molecule has 2 rings (SSSR count). The zero-order chi connectivity index (χ0) is 13.7. The molecule has 1 saturated heterocycles. The molecular weight excluding hydrogens is 240 g/mol. The normalized spacial score (nSPS) is 19.9. The summed E-state index contributed by atoms with van der Waals surface area (Å²) in [4.78, 5) is 2.26. The van der Waals surface area contributed by atoms with Crippen molar-refractivity contribution in [3.63, 3.8) is 0 Å². The van der Waals surface area contributed by atoms with Crippen LogP contribution in [-0.2, 0) is 11.2 Å². The van der Waals surface area contributed by atoms with E-state index in [9.17, 15) is 0 Å². The van der Waals surface area contributed by atoms with Crippen LogP contribution in [0.2, 0.25) is 0 Å². The maximum absolute atomic E-state index is 8.75. The predicted octanol–water partition coefficient (Wildman–Crippen LogP) is 1.08. The summed E-state index contributed by atoms with van der Waals surface area (Å²) >= 11 is 0. The van der Waals surface area contributed by atoms with E-state index in [0.717, 1.165) is 37.5 Å². The number of nitrogens with zero attached hydrogens (tertiary/aromatic N) is 2. The Morgan fingerprint density at radius 1 is 1.58 bits per heavy atom. The molecule has 1 fully saturated rings. The Morgan fingerprint density at radius 2 is 2.42 bits per heavy atom. The zero-order valence-electron chi connectivity index (χ0n) is 11.2. The highest BCUT2D eigenvalue weighted by Gasteiger charge is 2.17. The van der Waals surface area contributed by atoms with Crippen LogP contribution in [0.25, 0.3) is 0 Å². The summed E-state index contributed by atoms with van der Waals surface area (Å²) in [5.41, 5.74) is 8.34. The largest absolute Gasteiger partial charge is 0.398 e. The Balaban J connectivity index is 1.92. The molecule has 1 aromatic carbocycles. The lowest BCUT2D eigenvalue weighted by Gasteiger charge is -2.30. The van der Waals surface area contributed by atoms with Gasteiger partial charge >= 0.3 is 0 Å². The van der Waals surface area contributed by atoms with Gasteiger partial charge in [-0.05, 0) is 30.8 Å². The monoisotopic (exact) mass is 260 g/mol. The average molecular weight is 260 g/mol. The van der Waals surface area contributed by atoms with Crippen molar-refractivity contribution in [3.05, 3.63) is 23.8 Å². The van der Waals surface area contributed by atoms with Crippen molar-refractivity contribution in [1.82, 2.24) is 4.90 Å². The number of nitrogens with one attached hydrogen (secondary N) is 1. The maximum Gasteiger partial charge on any atom is 0.0874 e. The molecule has 102 valence electrons. The van der Waals surface area contributed by atoms with Crippen molar-refractivity contribution in [2.45, 2.75) is 12.5 Å². The molecule has 19 heavy (non-hydrogen) atoms. The lowest BCUT2D eigenvalue weighted by atomic mass is 10.1. The number of rotatable bonds is 4. The van der Waals surface area contributed by atoms with Gasteiger partial charge in [-0.2, -0.15) is 5.26 Å². The van der Waals surface area contributed by atoms with Crippen molar-refractivity contribution >= 4 is 11.4 Å². The smallest absolute Gasteiger partial charge is 0.0874 e. The van der Waals surface area contributed by atoms with Crippen molar-refractivity contribution in [3.8, 4) is 6.07 Å². The number of hydrogen-bond donors (Lipinski definition) is 2. The molecule has 1 aliphatic heterocycles. The first-order chi connectivity index (χ1) is 9.19. The Bertz CT molecular complexity index is 469. The fourth-order valence-electron chi connectivity index (χ4n) is 2.18. The van der Waals surface area contributed by atoms with E-state index < -0.39 is 0 Å². The van der Waals surface area contributed by atoms with Gasteiger partial charge in [-0.25, -0.2) is 0 Å². The topological polar surface area (TPSA) is 74.3 Å². The molecule has 0 aliphatic carbocycles. The van der Waals surface area contributed by atoms with Gasteiger partial charge in [0.2, 0.25) is 0 Å². The highest BCUT2D eigenvalue weighted by molar-refractivity contribution is 5.58. The third-order valence-electron chi connectivity index (χ3n) is 3.29. The number of likely N-dealkylation sites (N-methyl/N-ethyl adjacent to an activating group) is 1. The van der Waals surface area contributed by atoms with Crippen LogP contribution in [-0.4, -0.2) is 44.3 Å². The van der Waals surface area contributed by atoms with E-state index in [2.05, 4.69) is 23.3 Å². The summed E-state index contributed by atoms with van der Waals surface area (Å²) in [5.74, 6) is 0. The summed E-state index contributed by atoms with van der Waals surface area (Å²) < 4.78 is 5.69. The van der Waals surface area contributed by atoms with Crippen LogP contribution >= 0.6 is 0 Å². The zero-order valence-corrected chi connectivity index (χ0v) is 11.2. The molecule has 1 aromatic rings. The number of anilines is 2. The van der Waals surface area contributed by atoms with E-state index in [0.29, 0.717) is 12.1 Å². The van der Waals surface area contributed by atoms with E-state index in [1.807, 2.05) is 18.2 Å². The van der Waals surface area contributed by atoms with E-state index >= 15 is 0 Å². The van der Waals surface area contributed by atoms with Crippen LogP contribution in [0.15, 0.2) is 18.2 Å². The summed E-state index contributed by atoms with van der Waals surface area (Å²) in [5, 5.41) is 12.1. The van der Waals surface area contributed by atoms with Gasteiger partial charge in [-0.3, -0.25) is 0 Å². The van der Waals surface area contributed by atoms with Gasteiger partial charge < -0.3 is 20.7 Å². The van der Waals surface area contributed by atoms with Crippen molar-refractivity contribution < 1.29 is 4.74 Å². The second-order valence-electron chi connectivity index (χ2n) is 4.88. The number of nitriles is 1. The van der Waals surface area contributed by atoms with Gasteiger partial charge in [0, 0.05) is 31.0 Å². The van der Waals surface area contributed by atoms with Gasteiger partial charge in [0.15, 0.2) is 0 Å². The minimum atomic E-state index is 0.204. The first-order valence-corrected chi connectivity index (χ1v) is 6.48. The first-order valence-electron chi connectivity index (χ1n) is 6.48. The second kappa shape index (κ2) is 6.41. The van der Waals surface area contributed by atoms with Gasteiger partial charge in [0.25, 0.3) is 0 Å². The molecule has 0 saturated carbocycles. The molecule has 3 N–H and O–H groups in total. The van der Waals surface area contributed by atoms with Crippen molar-refractivity contribution in [1.29, 1.82) is 5.26 Å². The third kappa shape index (κ3) is 3.85. The molecule has 1 unspecified atom stereocenters. The highest BCUT2D eigenvalue weighted by atomic mass is 16.5. The van der Waals surface area contributed by atoms with E-state index in [1.165, 1.54) is 0 Å². The summed E-state index contributed by atoms with van der Waals surface area (Å²) in [6, 6.07) is 7.83. The predicted molar refractivity (Wildman–Crippen MR) is 75.9 cm³/mol. The van der Waals surface area contributed by atoms with Crippen molar-refractivity contribution in [2.75, 3.05) is 44.3 Å². The van der Waals surface area contributed by atoms with Crippen LogP contribution in [0, 0.1) is 11.3 Å². The van der Waals surface area contributed by atoms with Crippen LogP contribution in [0.1, 0.15) is 5.56 Å². The van der Waals surface area contributed by atoms with Crippen LogP contribution in [0.4, 0.5) is 11.4 Å². The standard InChI is InChI=1S/C14H20N4O/c1-18-6-7-19-13(10-18)9-17-12-2-3-14(16)11(8-12)4-5-15/h2-3,8,13,17H,4,6-7,9-10,16H2,1H3. The molecule has 0 amide bonds. The second-order valence-corrected chi connectivity index (χ2v) is 4.88. The summed E-state index contributed by atoms with van der Waals surface area (Å²) in [6.07, 6.45) is 0.542. The quantitative estimate of drug-likeness (QED) is 0.792. The number of nitrogens with two attached hydrogens (primary N) is 1. The summed E-state index contributed by atoms with van der Waals surface area (Å²) in [6.45, 7) is 3.47. The number of ether oxygens (including phenoxy) is 1. The fourth-order valence-corrected chi connectivity index (χ4v) is 2.18. The van der Waals surface area contributed by atoms with E-state index in [-0.39, 0.29) is 6.10 Å². The maximum atomic E-state index is 8.75. The van der Waals surface area contributed by atoms with Gasteiger partial charge in [0.1, 0.15) is 0 Å². The lowest BCUT2D eigenvalue weighted by Crippen LogP contribution is -2.43. The molecule has 1 atom stereocenters. The molecule has 0 radical (unpaired) electrons. The Hall–Kier alpha value is -1.77. The molecule has 0 spiro atoms. The van der Waals surface area contributed by atoms with Gasteiger partial charge in [-0.1, -0.05) is 0 Å². The first kappa shape index (κ1) is 13.7. The number of benzene rings is 1. The minimum Gasteiger partial charge on any atom is -0.398 e. The minimum absolute atomic E-state index is 0.204. The van der Waals surface area contributed by atoms with Crippen LogP contribution in [0.5, 0.6) is 0 Å². The molecule has 5 heteroatoms. The fraction of sp³-hybridized carbons (Fsp3) is 0.500. The average Bonchev–Trinajstić information content (AvgIpc) is 2.40. The Morgan fingerprint density at radius 3 is 3.16 bits per heavy atom. The highest BCUT2D eigenvalue weighted by Crippen LogP contribution is 2.18.